The number of amides is 2. The van der Waals surface area contributed by atoms with E-state index >= 15 is 0 Å². The van der Waals surface area contributed by atoms with Gasteiger partial charge in [0, 0.05) is 55.6 Å². The first-order chi connectivity index (χ1) is 18.8. The van der Waals surface area contributed by atoms with Crippen LogP contribution in [0.5, 0.6) is 0 Å². The number of aryl methyl sites for hydroxylation is 1. The number of amidine groups is 1. The second-order valence-electron chi connectivity index (χ2n) is 11.6. The van der Waals surface area contributed by atoms with Gasteiger partial charge in [-0.3, -0.25) is 15.2 Å². The maximum Gasteiger partial charge on any atom is 0.410 e. The molecule has 4 rings (SSSR count). The van der Waals surface area contributed by atoms with Gasteiger partial charge in [0.1, 0.15) is 11.3 Å². The summed E-state index contributed by atoms with van der Waals surface area (Å²) < 4.78 is 5.57. The molecule has 1 aliphatic heterocycles. The summed E-state index contributed by atoms with van der Waals surface area (Å²) in [6.07, 6.45) is 6.08. The maximum absolute atomic E-state index is 13.7. The first kappa shape index (κ1) is 29.4. The Morgan fingerprint density at radius 1 is 1.32 bits per heavy atom. The van der Waals surface area contributed by atoms with Gasteiger partial charge < -0.3 is 25.6 Å². The summed E-state index contributed by atoms with van der Waals surface area (Å²) in [6, 6.07) is 1.55. The molecule has 1 fully saturated rings. The highest BCUT2D eigenvalue weighted by molar-refractivity contribution is 7.16. The van der Waals surface area contributed by atoms with Gasteiger partial charge in [0.15, 0.2) is 5.84 Å². The fraction of sp³-hybridized carbons (Fsp3) is 0.571. The number of fused-ring (bicyclic) bond motifs is 1. The van der Waals surface area contributed by atoms with Crippen LogP contribution in [0.25, 0.3) is 0 Å². The normalized spacial score (nSPS) is 21.6. The molecule has 0 unspecified atom stereocenters. The number of nitrogens with two attached hydrogens (primary N) is 1. The first-order valence-electron chi connectivity index (χ1n) is 13.7. The van der Waals surface area contributed by atoms with Crippen LogP contribution in [0.4, 0.5) is 15.7 Å². The van der Waals surface area contributed by atoms with Crippen LogP contribution in [-0.2, 0) is 21.4 Å². The van der Waals surface area contributed by atoms with Crippen molar-refractivity contribution in [2.24, 2.45) is 4.99 Å². The lowest BCUT2D eigenvalue weighted by atomic mass is 9.72. The zero-order valence-corrected chi connectivity index (χ0v) is 25.0. The van der Waals surface area contributed by atoms with Crippen LogP contribution >= 0.6 is 11.3 Å². The van der Waals surface area contributed by atoms with Crippen LogP contribution < -0.4 is 16.0 Å². The van der Waals surface area contributed by atoms with Crippen LogP contribution in [0.2, 0.25) is 0 Å². The second kappa shape index (κ2) is 11.5. The van der Waals surface area contributed by atoms with Crippen LogP contribution in [0, 0.1) is 5.41 Å². The molecular formula is C28H40N8O3S. The van der Waals surface area contributed by atoms with Crippen LogP contribution in [0.1, 0.15) is 75.6 Å². The van der Waals surface area contributed by atoms with Gasteiger partial charge in [-0.25, -0.2) is 14.8 Å². The molecule has 4 N–H and O–H groups in total. The summed E-state index contributed by atoms with van der Waals surface area (Å²) in [6.45, 7) is 11.2. The molecule has 0 saturated carbocycles. The number of aromatic nitrogens is 2. The Morgan fingerprint density at radius 2 is 2.08 bits per heavy atom. The van der Waals surface area contributed by atoms with Crippen LogP contribution in [-0.4, -0.2) is 77.2 Å². The van der Waals surface area contributed by atoms with Crippen molar-refractivity contribution >= 4 is 46.3 Å². The molecule has 0 spiro atoms. The third-order valence-electron chi connectivity index (χ3n) is 7.33. The number of carbonyl (C=O) groups is 2. The lowest BCUT2D eigenvalue weighted by Crippen LogP contribution is -2.47. The van der Waals surface area contributed by atoms with Crippen molar-refractivity contribution in [2.45, 2.75) is 77.4 Å². The zero-order valence-electron chi connectivity index (χ0n) is 24.2. The molecule has 3 heterocycles. The molecule has 0 radical (unpaired) electrons. The van der Waals surface area contributed by atoms with Crippen molar-refractivity contribution < 1.29 is 14.3 Å². The number of nitrogens with one attached hydrogen (secondary N) is 2. The average molecular weight is 569 g/mol. The van der Waals surface area contributed by atoms with Gasteiger partial charge in [-0.15, -0.1) is 11.3 Å². The topological polar surface area (TPSA) is 150 Å². The standard InChI is InChI=1S/C28H40N8O3S/c1-17-16-35(26(38)39-27(2,3)4)13-8-14-36(17)25-32-12-10-19(33-25)22(29)34-24(37)28(5)11-7-9-20-21(28)18(15-31-6)23(30)40-20/h10,12,15,17H,7-9,11,13-14,16,30H2,1-6H3,(H2,29,34,37)/b31-15-/t17-,28-/m0/s1. The van der Waals surface area contributed by atoms with E-state index in [1.54, 1.807) is 30.4 Å². The first-order valence-corrected chi connectivity index (χ1v) is 14.5. The van der Waals surface area contributed by atoms with Crippen molar-refractivity contribution in [1.29, 1.82) is 5.41 Å². The predicted octanol–water partition coefficient (Wildman–Crippen LogP) is 3.74. The molecule has 1 saturated heterocycles. The third kappa shape index (κ3) is 6.11. The van der Waals surface area contributed by atoms with Gasteiger partial charge in [0.25, 0.3) is 0 Å². The Morgan fingerprint density at radius 3 is 2.77 bits per heavy atom. The quantitative estimate of drug-likeness (QED) is 0.376. The van der Waals surface area contributed by atoms with Crippen LogP contribution in [0.15, 0.2) is 17.3 Å². The molecule has 2 aromatic heterocycles. The van der Waals surface area contributed by atoms with E-state index in [1.807, 2.05) is 39.5 Å². The molecule has 0 bridgehead atoms. The van der Waals surface area contributed by atoms with E-state index in [-0.39, 0.29) is 23.9 Å². The molecule has 40 heavy (non-hydrogen) atoms. The van der Waals surface area contributed by atoms with Crippen LogP contribution in [0.3, 0.4) is 0 Å². The molecule has 12 heteroatoms. The third-order valence-corrected chi connectivity index (χ3v) is 8.42. The zero-order chi connectivity index (χ0) is 29.2. The fourth-order valence-electron chi connectivity index (χ4n) is 5.40. The summed E-state index contributed by atoms with van der Waals surface area (Å²) in [5.41, 5.74) is 6.91. The van der Waals surface area contributed by atoms with Crippen molar-refractivity contribution in [2.75, 3.05) is 37.3 Å². The van der Waals surface area contributed by atoms with Gasteiger partial charge in [0.05, 0.1) is 10.4 Å². The second-order valence-corrected chi connectivity index (χ2v) is 12.8. The van der Waals surface area contributed by atoms with E-state index in [4.69, 9.17) is 15.9 Å². The Balaban J connectivity index is 1.50. The highest BCUT2D eigenvalue weighted by atomic mass is 32.1. The maximum atomic E-state index is 13.7. The predicted molar refractivity (Wildman–Crippen MR) is 159 cm³/mol. The molecule has 2 aliphatic rings. The fourth-order valence-corrected chi connectivity index (χ4v) is 6.61. The Bertz CT molecular complexity index is 1320. The number of hydrogen-bond donors (Lipinski definition) is 3. The van der Waals surface area contributed by atoms with E-state index in [0.29, 0.717) is 42.7 Å². The number of rotatable bonds is 4. The minimum atomic E-state index is -0.842. The number of nitrogen functional groups attached to an aromatic ring is 1. The molecule has 2 atom stereocenters. The van der Waals surface area contributed by atoms with Crippen molar-refractivity contribution in [3.05, 3.63) is 34.0 Å². The Labute approximate surface area is 239 Å². The number of nitrogens with zero attached hydrogens (tertiary/aromatic N) is 5. The SMILES string of the molecule is C/N=C\c1c(N)sc2c1[C@@](C)(C(=O)NC(=N)c1ccnc(N3CCCN(C(=O)OC(C)(C)C)C[C@@H]3C)n1)CCC2. The van der Waals surface area contributed by atoms with Gasteiger partial charge in [-0.05, 0) is 71.9 Å². The summed E-state index contributed by atoms with van der Waals surface area (Å²) in [5.74, 6) is 0.0975. The van der Waals surface area contributed by atoms with Gasteiger partial charge in [0.2, 0.25) is 11.9 Å². The molecule has 0 aromatic carbocycles. The van der Waals surface area contributed by atoms with E-state index < -0.39 is 11.0 Å². The summed E-state index contributed by atoms with van der Waals surface area (Å²) in [4.78, 5) is 44.4. The number of thiophene rings is 1. The van der Waals surface area contributed by atoms with E-state index in [9.17, 15) is 9.59 Å². The van der Waals surface area contributed by atoms with Crippen molar-refractivity contribution in [3.63, 3.8) is 0 Å². The molecule has 2 aromatic rings. The van der Waals surface area contributed by atoms with E-state index in [1.165, 1.54) is 11.3 Å². The number of hydrogen-bond acceptors (Lipinski definition) is 10. The Kier molecular flexibility index (Phi) is 8.48. The van der Waals surface area contributed by atoms with E-state index in [2.05, 4.69) is 20.3 Å². The molecule has 2 amide bonds. The highest BCUT2D eigenvalue weighted by Crippen LogP contribution is 2.45. The monoisotopic (exact) mass is 568 g/mol. The average Bonchev–Trinajstić information content (AvgIpc) is 3.07. The molecule has 216 valence electrons. The largest absolute Gasteiger partial charge is 0.444 e. The summed E-state index contributed by atoms with van der Waals surface area (Å²) >= 11 is 1.51. The van der Waals surface area contributed by atoms with Gasteiger partial charge in [-0.1, -0.05) is 0 Å². The lowest BCUT2D eigenvalue weighted by Gasteiger charge is -2.33. The number of ether oxygens (including phenoxy) is 1. The minimum absolute atomic E-state index is 0.0729. The summed E-state index contributed by atoms with van der Waals surface area (Å²) in [5, 5.41) is 12.2. The molecule has 11 nitrogen and oxygen atoms in total. The van der Waals surface area contributed by atoms with Gasteiger partial charge in [-0.2, -0.15) is 0 Å². The van der Waals surface area contributed by atoms with Crippen molar-refractivity contribution in [3.8, 4) is 0 Å². The molecular weight excluding hydrogens is 528 g/mol. The summed E-state index contributed by atoms with van der Waals surface area (Å²) in [7, 11) is 1.69. The molecule has 1 aliphatic carbocycles. The minimum Gasteiger partial charge on any atom is -0.444 e. The van der Waals surface area contributed by atoms with Gasteiger partial charge >= 0.3 is 6.09 Å². The number of anilines is 2. The lowest BCUT2D eigenvalue weighted by molar-refractivity contribution is -0.125. The number of aliphatic imine (C=N–C) groups is 1. The highest BCUT2D eigenvalue weighted by Gasteiger charge is 2.43. The smallest absolute Gasteiger partial charge is 0.410 e. The Hall–Kier alpha value is -3.54. The van der Waals surface area contributed by atoms with E-state index in [0.717, 1.165) is 35.3 Å². The van der Waals surface area contributed by atoms with Crippen molar-refractivity contribution in [1.82, 2.24) is 20.2 Å². The number of carbonyl (C=O) groups excluding carboxylic acids is 2.